The zero-order valence-electron chi connectivity index (χ0n) is 9.52. The second kappa shape index (κ2) is 4.43. The van der Waals surface area contributed by atoms with Crippen molar-refractivity contribution in [3.8, 4) is 11.5 Å². The predicted octanol–water partition coefficient (Wildman–Crippen LogP) is 3.86. The molecule has 0 aliphatic rings. The molecule has 0 fully saturated rings. The largest absolute Gasteiger partial charge is 0.573 e. The molecule has 0 aliphatic heterocycles. The van der Waals surface area contributed by atoms with Gasteiger partial charge in [-0.05, 0) is 24.5 Å². The Kier molecular flexibility index (Phi) is 3.54. The lowest BCUT2D eigenvalue weighted by Gasteiger charge is -2.18. The van der Waals surface area contributed by atoms with E-state index in [0.29, 0.717) is 0 Å². The predicted molar refractivity (Wildman–Crippen MR) is 53.6 cm³/mol. The Morgan fingerprint density at radius 2 is 1.82 bits per heavy atom. The van der Waals surface area contributed by atoms with Crippen molar-refractivity contribution < 1.29 is 27.4 Å². The average Bonchev–Trinajstić information content (AvgIpc) is 2.11. The van der Waals surface area contributed by atoms with E-state index >= 15 is 0 Å². The Morgan fingerprint density at radius 3 is 2.24 bits per heavy atom. The molecule has 0 saturated heterocycles. The first kappa shape index (κ1) is 13.6. The summed E-state index contributed by atoms with van der Waals surface area (Å²) in [6, 6.07) is 0.973. The van der Waals surface area contributed by atoms with Gasteiger partial charge in [-0.2, -0.15) is 0 Å². The second-order valence-corrected chi connectivity index (χ2v) is 3.97. The Hall–Kier alpha value is -1.46. The van der Waals surface area contributed by atoms with Gasteiger partial charge in [0, 0.05) is 5.56 Å². The van der Waals surface area contributed by atoms with E-state index in [1.165, 1.54) is 20.8 Å². The van der Waals surface area contributed by atoms with Crippen molar-refractivity contribution in [1.82, 2.24) is 0 Å². The van der Waals surface area contributed by atoms with Crippen LogP contribution in [0.5, 0.6) is 11.5 Å². The number of ether oxygens (including phenoxy) is 1. The number of aryl methyl sites for hydroxylation is 1. The zero-order valence-corrected chi connectivity index (χ0v) is 9.52. The summed E-state index contributed by atoms with van der Waals surface area (Å²) in [7, 11) is 0. The molecular formula is C11H12F4O2. The van der Waals surface area contributed by atoms with Crippen molar-refractivity contribution in [3.63, 3.8) is 0 Å². The third-order valence-electron chi connectivity index (χ3n) is 2.23. The third-order valence-corrected chi connectivity index (χ3v) is 2.23. The van der Waals surface area contributed by atoms with E-state index in [-0.39, 0.29) is 11.1 Å². The van der Waals surface area contributed by atoms with Gasteiger partial charge in [-0.25, -0.2) is 4.39 Å². The third kappa shape index (κ3) is 3.01. The van der Waals surface area contributed by atoms with Crippen molar-refractivity contribution in [2.24, 2.45) is 0 Å². The molecule has 0 bridgehead atoms. The lowest BCUT2D eigenvalue weighted by molar-refractivity contribution is -0.275. The Balaban J connectivity index is 3.38. The van der Waals surface area contributed by atoms with Gasteiger partial charge in [0.2, 0.25) is 0 Å². The van der Waals surface area contributed by atoms with Crippen LogP contribution in [0, 0.1) is 12.7 Å². The topological polar surface area (TPSA) is 29.5 Å². The molecule has 0 heterocycles. The Labute approximate surface area is 95.8 Å². The highest BCUT2D eigenvalue weighted by Crippen LogP contribution is 2.38. The van der Waals surface area contributed by atoms with Crippen LogP contribution in [-0.2, 0) is 0 Å². The highest BCUT2D eigenvalue weighted by atomic mass is 19.4. The van der Waals surface area contributed by atoms with Crippen molar-refractivity contribution >= 4 is 0 Å². The first-order chi connectivity index (χ1) is 7.63. The molecule has 0 amide bonds. The van der Waals surface area contributed by atoms with E-state index in [0.717, 1.165) is 6.07 Å². The highest BCUT2D eigenvalue weighted by molar-refractivity contribution is 5.48. The number of hydrogen-bond acceptors (Lipinski definition) is 2. The van der Waals surface area contributed by atoms with Crippen LogP contribution in [0.1, 0.15) is 30.9 Å². The van der Waals surface area contributed by atoms with Gasteiger partial charge >= 0.3 is 6.36 Å². The van der Waals surface area contributed by atoms with Gasteiger partial charge in [0.05, 0.1) is 0 Å². The maximum atomic E-state index is 13.7. The lowest BCUT2D eigenvalue weighted by atomic mass is 9.99. The smallest absolute Gasteiger partial charge is 0.505 e. The van der Waals surface area contributed by atoms with Crippen LogP contribution in [0.2, 0.25) is 0 Å². The molecule has 0 spiro atoms. The Bertz CT molecular complexity index is 424. The molecule has 2 nitrogen and oxygen atoms in total. The van der Waals surface area contributed by atoms with Crippen LogP contribution in [0.15, 0.2) is 6.07 Å². The molecule has 1 aromatic rings. The average molecular weight is 252 g/mol. The number of rotatable bonds is 2. The molecule has 1 rings (SSSR count). The summed E-state index contributed by atoms with van der Waals surface area (Å²) in [6.07, 6.45) is -4.89. The van der Waals surface area contributed by atoms with Gasteiger partial charge in [0.1, 0.15) is 5.75 Å². The van der Waals surface area contributed by atoms with Crippen LogP contribution in [0.3, 0.4) is 0 Å². The molecular weight excluding hydrogens is 240 g/mol. The molecule has 96 valence electrons. The quantitative estimate of drug-likeness (QED) is 0.810. The van der Waals surface area contributed by atoms with E-state index in [4.69, 9.17) is 0 Å². The van der Waals surface area contributed by atoms with Crippen LogP contribution < -0.4 is 4.74 Å². The highest BCUT2D eigenvalue weighted by Gasteiger charge is 2.34. The lowest BCUT2D eigenvalue weighted by Crippen LogP contribution is -2.19. The summed E-state index contributed by atoms with van der Waals surface area (Å²) in [6.45, 7) is 4.32. The van der Waals surface area contributed by atoms with Crippen molar-refractivity contribution in [3.05, 3.63) is 23.0 Å². The van der Waals surface area contributed by atoms with Crippen molar-refractivity contribution in [1.29, 1.82) is 0 Å². The maximum absolute atomic E-state index is 13.7. The fourth-order valence-electron chi connectivity index (χ4n) is 1.50. The zero-order chi connectivity index (χ0) is 13.4. The van der Waals surface area contributed by atoms with Crippen molar-refractivity contribution in [2.75, 3.05) is 0 Å². The molecule has 0 atom stereocenters. The van der Waals surface area contributed by atoms with Gasteiger partial charge in [-0.3, -0.25) is 0 Å². The first-order valence-corrected chi connectivity index (χ1v) is 4.91. The minimum absolute atomic E-state index is 0.00819. The molecule has 0 saturated carbocycles. The summed E-state index contributed by atoms with van der Waals surface area (Å²) in [5, 5.41) is 9.35. The summed E-state index contributed by atoms with van der Waals surface area (Å²) >= 11 is 0. The minimum Gasteiger partial charge on any atom is -0.505 e. The van der Waals surface area contributed by atoms with Crippen LogP contribution in [-0.4, -0.2) is 11.5 Å². The maximum Gasteiger partial charge on any atom is 0.573 e. The number of hydrogen-bond donors (Lipinski definition) is 1. The van der Waals surface area contributed by atoms with E-state index in [1.807, 2.05) is 0 Å². The molecule has 0 unspecified atom stereocenters. The van der Waals surface area contributed by atoms with E-state index in [9.17, 15) is 22.7 Å². The van der Waals surface area contributed by atoms with Gasteiger partial charge in [-0.15, -0.1) is 13.2 Å². The van der Waals surface area contributed by atoms with Crippen LogP contribution >= 0.6 is 0 Å². The van der Waals surface area contributed by atoms with Gasteiger partial charge in [0.15, 0.2) is 11.6 Å². The molecule has 1 N–H and O–H groups in total. The number of alkyl halides is 3. The van der Waals surface area contributed by atoms with Gasteiger partial charge < -0.3 is 9.84 Å². The first-order valence-electron chi connectivity index (χ1n) is 4.91. The standard InChI is InChI=1S/C11H12F4O2/c1-5(2)8-7(17-11(13,14)15)4-6(3)10(16)9(8)12/h4-5,16H,1-3H3. The summed E-state index contributed by atoms with van der Waals surface area (Å²) < 4.78 is 53.8. The van der Waals surface area contributed by atoms with E-state index in [2.05, 4.69) is 4.74 Å². The molecule has 17 heavy (non-hydrogen) atoms. The molecule has 0 aromatic heterocycles. The number of phenols is 1. The molecule has 0 aliphatic carbocycles. The number of aromatic hydroxyl groups is 1. The van der Waals surface area contributed by atoms with Gasteiger partial charge in [-0.1, -0.05) is 13.8 Å². The summed E-state index contributed by atoms with van der Waals surface area (Å²) in [4.78, 5) is 0. The van der Waals surface area contributed by atoms with Crippen LogP contribution in [0.25, 0.3) is 0 Å². The Morgan fingerprint density at radius 1 is 1.29 bits per heavy atom. The monoisotopic (exact) mass is 252 g/mol. The summed E-state index contributed by atoms with van der Waals surface area (Å²) in [5.41, 5.74) is -0.295. The molecule has 6 heteroatoms. The molecule has 0 radical (unpaired) electrons. The second-order valence-electron chi connectivity index (χ2n) is 3.97. The fourth-order valence-corrected chi connectivity index (χ4v) is 1.50. The number of halogens is 4. The fraction of sp³-hybridized carbons (Fsp3) is 0.455. The SMILES string of the molecule is Cc1cc(OC(F)(F)F)c(C(C)C)c(F)c1O. The normalized spacial score (nSPS) is 12.0. The van der Waals surface area contributed by atoms with Crippen molar-refractivity contribution in [2.45, 2.75) is 33.1 Å². The van der Waals surface area contributed by atoms with Gasteiger partial charge in [0.25, 0.3) is 0 Å². The number of benzene rings is 1. The number of phenolic OH excluding ortho intramolecular Hbond substituents is 1. The van der Waals surface area contributed by atoms with E-state index < -0.39 is 29.6 Å². The minimum atomic E-state index is -4.89. The summed E-state index contributed by atoms with van der Waals surface area (Å²) in [5.74, 6) is -2.87. The van der Waals surface area contributed by atoms with Crippen LogP contribution in [0.4, 0.5) is 17.6 Å². The van der Waals surface area contributed by atoms with E-state index in [1.54, 1.807) is 0 Å². The molecule has 1 aromatic carbocycles.